The number of aromatic nitrogens is 3. The second-order valence-corrected chi connectivity index (χ2v) is 4.48. The Labute approximate surface area is 118 Å². The van der Waals surface area contributed by atoms with Crippen LogP contribution in [0.15, 0.2) is 12.1 Å². The Balaban J connectivity index is 2.19. The van der Waals surface area contributed by atoms with Gasteiger partial charge in [0.1, 0.15) is 5.82 Å². The Bertz CT molecular complexity index is 606. The second kappa shape index (κ2) is 5.54. The molecule has 2 N–H and O–H groups in total. The molecule has 8 heteroatoms. The molecule has 0 aliphatic heterocycles. The van der Waals surface area contributed by atoms with Crippen LogP contribution in [0, 0.1) is 5.82 Å². The highest BCUT2D eigenvalue weighted by atomic mass is 35.5. The van der Waals surface area contributed by atoms with Crippen LogP contribution in [0.25, 0.3) is 0 Å². The fourth-order valence-corrected chi connectivity index (χ4v) is 1.86. The van der Waals surface area contributed by atoms with E-state index in [1.807, 2.05) is 6.92 Å². The fourth-order valence-electron chi connectivity index (χ4n) is 1.37. The number of H-pyrrole nitrogens is 1. The molecule has 2 rings (SSSR count). The van der Waals surface area contributed by atoms with E-state index in [1.54, 1.807) is 0 Å². The number of anilines is 1. The third-order valence-corrected chi connectivity index (χ3v) is 2.86. The number of nitrogens with one attached hydrogen (secondary N) is 2. The molecule has 0 unspecified atom stereocenters. The summed E-state index contributed by atoms with van der Waals surface area (Å²) in [6, 6.07) is 2.52. The van der Waals surface area contributed by atoms with E-state index in [4.69, 9.17) is 23.2 Å². The third kappa shape index (κ3) is 3.02. The van der Waals surface area contributed by atoms with Gasteiger partial charge in [-0.2, -0.15) is 0 Å². The van der Waals surface area contributed by atoms with Crippen molar-refractivity contribution >= 4 is 34.8 Å². The molecular weight excluding hydrogens is 294 g/mol. The van der Waals surface area contributed by atoms with Crippen molar-refractivity contribution in [3.8, 4) is 0 Å². The Morgan fingerprint density at radius 2 is 2.05 bits per heavy atom. The van der Waals surface area contributed by atoms with E-state index in [1.165, 1.54) is 12.1 Å². The maximum absolute atomic E-state index is 13.2. The van der Waals surface area contributed by atoms with Gasteiger partial charge in [0.25, 0.3) is 5.91 Å². The van der Waals surface area contributed by atoms with Crippen molar-refractivity contribution in [2.24, 2.45) is 0 Å². The number of carbonyl (C=O) groups is 1. The summed E-state index contributed by atoms with van der Waals surface area (Å²) in [4.78, 5) is 15.8. The average Bonchev–Trinajstić information content (AvgIpc) is 2.84. The van der Waals surface area contributed by atoms with Crippen molar-refractivity contribution < 1.29 is 9.18 Å². The van der Waals surface area contributed by atoms with Crippen LogP contribution in [-0.2, 0) is 6.42 Å². The number of hydrogen-bond donors (Lipinski definition) is 2. The molecule has 100 valence electrons. The zero-order chi connectivity index (χ0) is 14.0. The molecule has 0 saturated carbocycles. The highest BCUT2D eigenvalue weighted by molar-refractivity contribution is 6.35. The SMILES string of the molecule is CCc1nc(C(=O)Nc2cc(Cl)c(F)c(Cl)c2)n[nH]1. The van der Waals surface area contributed by atoms with Gasteiger partial charge >= 0.3 is 0 Å². The number of aromatic amines is 1. The molecule has 1 aromatic heterocycles. The van der Waals surface area contributed by atoms with Crippen LogP contribution >= 0.6 is 23.2 Å². The first-order chi connectivity index (χ1) is 9.01. The molecule has 5 nitrogen and oxygen atoms in total. The first kappa shape index (κ1) is 13.8. The van der Waals surface area contributed by atoms with Crippen LogP contribution in [0.4, 0.5) is 10.1 Å². The third-order valence-electron chi connectivity index (χ3n) is 2.31. The fraction of sp³-hybridized carbons (Fsp3) is 0.182. The lowest BCUT2D eigenvalue weighted by Gasteiger charge is -2.05. The summed E-state index contributed by atoms with van der Waals surface area (Å²) in [5, 5.41) is 8.51. The minimum absolute atomic E-state index is 0.00609. The topological polar surface area (TPSA) is 70.7 Å². The predicted molar refractivity (Wildman–Crippen MR) is 70.1 cm³/mol. The van der Waals surface area contributed by atoms with Crippen LogP contribution in [0.1, 0.15) is 23.4 Å². The van der Waals surface area contributed by atoms with Crippen molar-refractivity contribution in [2.75, 3.05) is 5.32 Å². The Morgan fingerprint density at radius 3 is 2.58 bits per heavy atom. The van der Waals surface area contributed by atoms with Gasteiger partial charge in [0, 0.05) is 12.1 Å². The van der Waals surface area contributed by atoms with Crippen LogP contribution in [0.5, 0.6) is 0 Å². The van der Waals surface area contributed by atoms with Crippen molar-refractivity contribution in [3.63, 3.8) is 0 Å². The quantitative estimate of drug-likeness (QED) is 0.856. The lowest BCUT2D eigenvalue weighted by atomic mass is 10.3. The van der Waals surface area contributed by atoms with Gasteiger partial charge in [-0.3, -0.25) is 9.89 Å². The first-order valence-electron chi connectivity index (χ1n) is 5.38. The van der Waals surface area contributed by atoms with Crippen LogP contribution in [0.3, 0.4) is 0 Å². The summed E-state index contributed by atoms with van der Waals surface area (Å²) in [6.07, 6.45) is 0.633. The van der Waals surface area contributed by atoms with Crippen LogP contribution < -0.4 is 5.32 Å². The monoisotopic (exact) mass is 302 g/mol. The number of amides is 1. The molecular formula is C11H9Cl2FN4O. The van der Waals surface area contributed by atoms with E-state index in [0.29, 0.717) is 12.2 Å². The lowest BCUT2D eigenvalue weighted by molar-refractivity contribution is 0.101. The molecule has 1 aromatic carbocycles. The molecule has 0 atom stereocenters. The minimum atomic E-state index is -0.729. The maximum Gasteiger partial charge on any atom is 0.295 e. The zero-order valence-electron chi connectivity index (χ0n) is 9.80. The van der Waals surface area contributed by atoms with Gasteiger partial charge in [0.15, 0.2) is 5.82 Å². The molecule has 1 amide bonds. The molecule has 19 heavy (non-hydrogen) atoms. The van der Waals surface area contributed by atoms with Gasteiger partial charge in [-0.15, -0.1) is 5.10 Å². The molecule has 0 aliphatic rings. The number of nitrogens with zero attached hydrogens (tertiary/aromatic N) is 2. The number of aryl methyl sites for hydroxylation is 1. The number of benzene rings is 1. The molecule has 1 heterocycles. The zero-order valence-corrected chi connectivity index (χ0v) is 11.3. The number of carbonyl (C=O) groups excluding carboxylic acids is 1. The Hall–Kier alpha value is -1.66. The van der Waals surface area contributed by atoms with Gasteiger partial charge in [-0.05, 0) is 12.1 Å². The smallest absolute Gasteiger partial charge is 0.295 e. The van der Waals surface area contributed by atoms with Crippen molar-refractivity contribution in [2.45, 2.75) is 13.3 Å². The standard InChI is InChI=1S/C11H9Cl2FN4O/c1-2-8-16-10(18-17-8)11(19)15-5-3-6(12)9(14)7(13)4-5/h3-4H,2H2,1H3,(H,15,19)(H,16,17,18). The summed E-state index contributed by atoms with van der Waals surface area (Å²) in [6.45, 7) is 1.88. The molecule has 0 saturated heterocycles. The molecule has 2 aromatic rings. The van der Waals surface area contributed by atoms with Crippen LogP contribution in [0.2, 0.25) is 10.0 Å². The highest BCUT2D eigenvalue weighted by Crippen LogP contribution is 2.27. The summed E-state index contributed by atoms with van der Waals surface area (Å²) in [7, 11) is 0. The van der Waals surface area contributed by atoms with E-state index in [-0.39, 0.29) is 21.6 Å². The normalized spacial score (nSPS) is 10.5. The van der Waals surface area contributed by atoms with Gasteiger partial charge in [-0.1, -0.05) is 30.1 Å². The van der Waals surface area contributed by atoms with E-state index in [0.717, 1.165) is 0 Å². The molecule has 0 bridgehead atoms. The van der Waals surface area contributed by atoms with Crippen molar-refractivity contribution in [1.82, 2.24) is 15.2 Å². The minimum Gasteiger partial charge on any atom is -0.319 e. The number of halogens is 3. The maximum atomic E-state index is 13.2. The van der Waals surface area contributed by atoms with E-state index in [2.05, 4.69) is 20.5 Å². The van der Waals surface area contributed by atoms with Crippen LogP contribution in [-0.4, -0.2) is 21.1 Å². The van der Waals surface area contributed by atoms with Gasteiger partial charge in [0.05, 0.1) is 10.0 Å². The summed E-state index contributed by atoms with van der Waals surface area (Å²) in [5.41, 5.74) is 0.268. The largest absolute Gasteiger partial charge is 0.319 e. The van der Waals surface area contributed by atoms with E-state index in [9.17, 15) is 9.18 Å². The van der Waals surface area contributed by atoms with Gasteiger partial charge < -0.3 is 5.32 Å². The molecule has 0 aliphatic carbocycles. The van der Waals surface area contributed by atoms with Gasteiger partial charge in [0.2, 0.25) is 5.82 Å². The Kier molecular flexibility index (Phi) is 4.01. The predicted octanol–water partition coefficient (Wildman–Crippen LogP) is 3.07. The average molecular weight is 303 g/mol. The summed E-state index contributed by atoms with van der Waals surface area (Å²) < 4.78 is 13.2. The van der Waals surface area contributed by atoms with Crippen molar-refractivity contribution in [3.05, 3.63) is 39.6 Å². The number of hydrogen-bond acceptors (Lipinski definition) is 3. The molecule has 0 fully saturated rings. The number of rotatable bonds is 3. The summed E-state index contributed by atoms with van der Waals surface area (Å²) in [5.74, 6) is -0.670. The van der Waals surface area contributed by atoms with E-state index < -0.39 is 11.7 Å². The summed E-state index contributed by atoms with van der Waals surface area (Å²) >= 11 is 11.3. The molecule has 0 spiro atoms. The van der Waals surface area contributed by atoms with Crippen molar-refractivity contribution in [1.29, 1.82) is 0 Å². The first-order valence-corrected chi connectivity index (χ1v) is 6.14. The van der Waals surface area contributed by atoms with E-state index >= 15 is 0 Å². The highest BCUT2D eigenvalue weighted by Gasteiger charge is 2.14. The Morgan fingerprint density at radius 1 is 1.42 bits per heavy atom. The lowest BCUT2D eigenvalue weighted by Crippen LogP contribution is -2.14. The van der Waals surface area contributed by atoms with Gasteiger partial charge in [-0.25, -0.2) is 9.37 Å². The second-order valence-electron chi connectivity index (χ2n) is 3.67. The molecule has 0 radical (unpaired) electrons.